The lowest BCUT2D eigenvalue weighted by molar-refractivity contribution is 0.212. The number of piperazine rings is 1. The maximum absolute atomic E-state index is 4.83. The van der Waals surface area contributed by atoms with E-state index in [1.807, 2.05) is 0 Å². The molecule has 0 amide bonds. The van der Waals surface area contributed by atoms with Crippen LogP contribution in [0.2, 0.25) is 0 Å². The molecular weight excluding hydrogens is 234 g/mol. The molecule has 3 heterocycles. The van der Waals surface area contributed by atoms with Gasteiger partial charge in [-0.25, -0.2) is 4.98 Å². The fraction of sp³-hybridized carbons (Fsp3) is 0.438. The first-order valence-corrected chi connectivity index (χ1v) is 7.14. The SMILES string of the molecule is CN1C2CCC1CN(c1ccc3ccccc3n1)C2. The molecule has 2 aliphatic heterocycles. The molecule has 2 atom stereocenters. The molecule has 3 heteroatoms. The normalized spacial score (nSPS) is 27.1. The number of anilines is 1. The van der Waals surface area contributed by atoms with Gasteiger partial charge in [0.05, 0.1) is 5.52 Å². The van der Waals surface area contributed by atoms with E-state index in [2.05, 4.69) is 53.2 Å². The monoisotopic (exact) mass is 253 g/mol. The molecule has 0 radical (unpaired) electrons. The summed E-state index contributed by atoms with van der Waals surface area (Å²) in [7, 11) is 2.27. The summed E-state index contributed by atoms with van der Waals surface area (Å²) in [5.74, 6) is 1.14. The van der Waals surface area contributed by atoms with E-state index in [1.165, 1.54) is 18.2 Å². The van der Waals surface area contributed by atoms with Crippen LogP contribution < -0.4 is 4.90 Å². The highest BCUT2D eigenvalue weighted by Crippen LogP contribution is 2.31. The van der Waals surface area contributed by atoms with Gasteiger partial charge in [0.15, 0.2) is 0 Å². The van der Waals surface area contributed by atoms with E-state index < -0.39 is 0 Å². The molecule has 3 nitrogen and oxygen atoms in total. The van der Waals surface area contributed by atoms with Crippen molar-refractivity contribution in [3.8, 4) is 0 Å². The average Bonchev–Trinajstić information content (AvgIpc) is 2.68. The minimum absolute atomic E-state index is 0.715. The van der Waals surface area contributed by atoms with E-state index in [1.54, 1.807) is 0 Å². The van der Waals surface area contributed by atoms with Gasteiger partial charge in [0.1, 0.15) is 5.82 Å². The van der Waals surface area contributed by atoms with Gasteiger partial charge in [-0.2, -0.15) is 0 Å². The van der Waals surface area contributed by atoms with Gasteiger partial charge >= 0.3 is 0 Å². The van der Waals surface area contributed by atoms with Crippen molar-refractivity contribution in [1.82, 2.24) is 9.88 Å². The highest BCUT2D eigenvalue weighted by atomic mass is 15.3. The Labute approximate surface area is 113 Å². The first-order chi connectivity index (χ1) is 9.31. The van der Waals surface area contributed by atoms with Gasteiger partial charge in [-0.05, 0) is 38.1 Å². The fourth-order valence-corrected chi connectivity index (χ4v) is 3.53. The second-order valence-electron chi connectivity index (χ2n) is 5.82. The number of para-hydroxylation sites is 1. The Kier molecular flexibility index (Phi) is 2.49. The molecule has 2 aliphatic rings. The molecule has 2 bridgehead atoms. The molecule has 1 aromatic carbocycles. The summed E-state index contributed by atoms with van der Waals surface area (Å²) in [5, 5.41) is 1.23. The molecule has 2 aromatic rings. The predicted octanol–water partition coefficient (Wildman–Crippen LogP) is 2.52. The molecule has 19 heavy (non-hydrogen) atoms. The van der Waals surface area contributed by atoms with Gasteiger partial charge < -0.3 is 4.90 Å². The third-order valence-corrected chi connectivity index (χ3v) is 4.76. The summed E-state index contributed by atoms with van der Waals surface area (Å²) in [6.45, 7) is 2.25. The van der Waals surface area contributed by atoms with Crippen LogP contribution in [0.5, 0.6) is 0 Å². The molecule has 0 saturated carbocycles. The number of hydrogen-bond acceptors (Lipinski definition) is 3. The number of nitrogens with zero attached hydrogens (tertiary/aromatic N) is 3. The van der Waals surface area contributed by atoms with E-state index in [-0.39, 0.29) is 0 Å². The zero-order valence-corrected chi connectivity index (χ0v) is 11.3. The van der Waals surface area contributed by atoms with Crippen molar-refractivity contribution in [3.05, 3.63) is 36.4 Å². The molecule has 0 aliphatic carbocycles. The standard InChI is InChI=1S/C16H19N3/c1-18-13-7-8-14(18)11-19(10-13)16-9-6-12-4-2-3-5-15(12)17-16/h2-6,9,13-14H,7-8,10-11H2,1H3. The summed E-state index contributed by atoms with van der Waals surface area (Å²) in [5.41, 5.74) is 1.10. The van der Waals surface area contributed by atoms with Crippen molar-refractivity contribution >= 4 is 16.7 Å². The van der Waals surface area contributed by atoms with Crippen LogP contribution in [0, 0.1) is 0 Å². The van der Waals surface area contributed by atoms with Crippen molar-refractivity contribution < 1.29 is 0 Å². The largest absolute Gasteiger partial charge is 0.353 e. The average molecular weight is 253 g/mol. The topological polar surface area (TPSA) is 19.4 Å². The minimum Gasteiger partial charge on any atom is -0.353 e. The maximum Gasteiger partial charge on any atom is 0.129 e. The molecule has 4 rings (SSSR count). The lowest BCUT2D eigenvalue weighted by Gasteiger charge is -2.39. The summed E-state index contributed by atoms with van der Waals surface area (Å²) >= 11 is 0. The molecule has 0 N–H and O–H groups in total. The molecule has 2 saturated heterocycles. The van der Waals surface area contributed by atoms with Gasteiger partial charge in [0, 0.05) is 30.6 Å². The third-order valence-electron chi connectivity index (χ3n) is 4.76. The van der Waals surface area contributed by atoms with Crippen LogP contribution in [0.15, 0.2) is 36.4 Å². The number of benzene rings is 1. The van der Waals surface area contributed by atoms with Gasteiger partial charge in [-0.15, -0.1) is 0 Å². The summed E-state index contributed by atoms with van der Waals surface area (Å²) in [6.07, 6.45) is 2.68. The van der Waals surface area contributed by atoms with Crippen LogP contribution in [0.3, 0.4) is 0 Å². The second kappa shape index (κ2) is 4.20. The predicted molar refractivity (Wildman–Crippen MR) is 78.5 cm³/mol. The summed E-state index contributed by atoms with van der Waals surface area (Å²) in [4.78, 5) is 9.85. The van der Waals surface area contributed by atoms with Crippen LogP contribution >= 0.6 is 0 Å². The van der Waals surface area contributed by atoms with E-state index >= 15 is 0 Å². The quantitative estimate of drug-likeness (QED) is 0.778. The van der Waals surface area contributed by atoms with Crippen molar-refractivity contribution in [2.45, 2.75) is 24.9 Å². The Balaban J connectivity index is 1.68. The Bertz CT molecular complexity index is 596. The van der Waals surface area contributed by atoms with Gasteiger partial charge in [0.25, 0.3) is 0 Å². The van der Waals surface area contributed by atoms with Crippen LogP contribution in [-0.2, 0) is 0 Å². The van der Waals surface area contributed by atoms with Gasteiger partial charge in [-0.3, -0.25) is 4.90 Å². The van der Waals surface area contributed by atoms with Crippen molar-refractivity contribution in [3.63, 3.8) is 0 Å². The van der Waals surface area contributed by atoms with E-state index in [0.29, 0.717) is 12.1 Å². The van der Waals surface area contributed by atoms with Crippen LogP contribution in [-0.4, -0.2) is 42.1 Å². The third kappa shape index (κ3) is 1.80. The molecule has 2 fully saturated rings. The Morgan fingerprint density at radius 3 is 2.53 bits per heavy atom. The van der Waals surface area contributed by atoms with Crippen LogP contribution in [0.1, 0.15) is 12.8 Å². The Morgan fingerprint density at radius 1 is 1.00 bits per heavy atom. The highest BCUT2D eigenvalue weighted by Gasteiger charge is 2.37. The number of likely N-dealkylation sites (N-methyl/N-ethyl adjacent to an activating group) is 1. The zero-order chi connectivity index (χ0) is 12.8. The van der Waals surface area contributed by atoms with E-state index in [0.717, 1.165) is 24.4 Å². The molecule has 1 aromatic heterocycles. The number of pyridine rings is 1. The van der Waals surface area contributed by atoms with Crippen molar-refractivity contribution in [2.75, 3.05) is 25.0 Å². The van der Waals surface area contributed by atoms with E-state index in [4.69, 9.17) is 4.98 Å². The Morgan fingerprint density at radius 2 is 1.74 bits per heavy atom. The van der Waals surface area contributed by atoms with Crippen molar-refractivity contribution in [2.24, 2.45) is 0 Å². The molecule has 0 spiro atoms. The van der Waals surface area contributed by atoms with Gasteiger partial charge in [-0.1, -0.05) is 18.2 Å². The Hall–Kier alpha value is -1.61. The molecular formula is C16H19N3. The maximum atomic E-state index is 4.83. The fourth-order valence-electron chi connectivity index (χ4n) is 3.53. The minimum atomic E-state index is 0.715. The smallest absolute Gasteiger partial charge is 0.129 e. The second-order valence-corrected chi connectivity index (χ2v) is 5.82. The van der Waals surface area contributed by atoms with Crippen molar-refractivity contribution in [1.29, 1.82) is 0 Å². The first-order valence-electron chi connectivity index (χ1n) is 7.14. The molecule has 98 valence electrons. The van der Waals surface area contributed by atoms with Crippen LogP contribution in [0.4, 0.5) is 5.82 Å². The first kappa shape index (κ1) is 11.2. The number of aromatic nitrogens is 1. The number of rotatable bonds is 1. The zero-order valence-electron chi connectivity index (χ0n) is 11.3. The lowest BCUT2D eigenvalue weighted by atomic mass is 10.2. The van der Waals surface area contributed by atoms with Crippen LogP contribution in [0.25, 0.3) is 10.9 Å². The van der Waals surface area contributed by atoms with E-state index in [9.17, 15) is 0 Å². The molecule has 2 unspecified atom stereocenters. The summed E-state index contributed by atoms with van der Waals surface area (Å²) in [6, 6.07) is 14.2. The summed E-state index contributed by atoms with van der Waals surface area (Å²) < 4.78 is 0. The number of fused-ring (bicyclic) bond motifs is 3. The lowest BCUT2D eigenvalue weighted by Crippen LogP contribution is -2.52. The number of hydrogen-bond donors (Lipinski definition) is 0. The highest BCUT2D eigenvalue weighted by molar-refractivity contribution is 5.80. The van der Waals surface area contributed by atoms with Gasteiger partial charge in [0.2, 0.25) is 0 Å².